The molecule has 1 aliphatic heterocycles. The Balaban J connectivity index is 1.62. The molecule has 1 fully saturated rings. The maximum atomic E-state index is 13.5. The minimum atomic E-state index is -0.323. The molecule has 0 saturated carbocycles. The Bertz CT molecular complexity index is 1470. The number of methoxy groups -OCH3 is 3. The van der Waals surface area contributed by atoms with E-state index in [4.69, 9.17) is 18.6 Å². The number of thioether (sulfide) groups is 1. The smallest absolute Gasteiger partial charge is 0.238 e. The molecule has 5 rings (SSSR count). The normalized spacial score (nSPS) is 15.5. The predicted molar refractivity (Wildman–Crippen MR) is 137 cm³/mol. The number of hydrogen-bond donors (Lipinski definition) is 0. The third-order valence-electron chi connectivity index (χ3n) is 5.91. The van der Waals surface area contributed by atoms with Crippen molar-refractivity contribution in [3.8, 4) is 28.6 Å². The molecule has 0 aliphatic carbocycles. The highest BCUT2D eigenvalue weighted by Crippen LogP contribution is 2.43. The van der Waals surface area contributed by atoms with Gasteiger partial charge in [0.05, 0.1) is 32.5 Å². The fourth-order valence-corrected chi connectivity index (χ4v) is 5.41. The van der Waals surface area contributed by atoms with Crippen LogP contribution in [0.4, 0.5) is 5.69 Å². The zero-order chi connectivity index (χ0) is 24.5. The first kappa shape index (κ1) is 22.9. The first-order valence-electron chi connectivity index (χ1n) is 10.9. The lowest BCUT2D eigenvalue weighted by molar-refractivity contribution is -0.115. The van der Waals surface area contributed by atoms with E-state index in [0.717, 1.165) is 5.56 Å². The molecule has 0 spiro atoms. The maximum Gasteiger partial charge on any atom is 0.238 e. The highest BCUT2D eigenvalue weighted by Gasteiger charge is 2.34. The number of ether oxygens (including phenoxy) is 3. The lowest BCUT2D eigenvalue weighted by Crippen LogP contribution is -2.27. The summed E-state index contributed by atoms with van der Waals surface area (Å²) in [5, 5.41) is 0.168. The molecule has 1 aliphatic rings. The van der Waals surface area contributed by atoms with E-state index >= 15 is 0 Å². The maximum absolute atomic E-state index is 13.5. The van der Waals surface area contributed by atoms with Gasteiger partial charge in [-0.3, -0.25) is 14.5 Å². The molecule has 35 heavy (non-hydrogen) atoms. The van der Waals surface area contributed by atoms with E-state index in [1.54, 1.807) is 60.2 Å². The average Bonchev–Trinajstić information content (AvgIpc) is 3.29. The molecule has 1 unspecified atom stereocenters. The van der Waals surface area contributed by atoms with E-state index in [0.29, 0.717) is 39.5 Å². The van der Waals surface area contributed by atoms with Gasteiger partial charge in [-0.05, 0) is 42.0 Å². The van der Waals surface area contributed by atoms with Crippen LogP contribution in [0.2, 0.25) is 0 Å². The summed E-state index contributed by atoms with van der Waals surface area (Å²) < 4.78 is 22.3. The number of hydrogen-bond acceptors (Lipinski definition) is 7. The van der Waals surface area contributed by atoms with Gasteiger partial charge in [0.15, 0.2) is 17.3 Å². The van der Waals surface area contributed by atoms with Crippen molar-refractivity contribution in [2.75, 3.05) is 32.0 Å². The second-order valence-corrected chi connectivity index (χ2v) is 8.95. The minimum absolute atomic E-state index is 0.0125. The Morgan fingerprint density at radius 2 is 1.66 bits per heavy atom. The Morgan fingerprint density at radius 3 is 2.37 bits per heavy atom. The SMILES string of the molecule is COc1ccc(-c2oc3ccc(N4C(=O)CSC4c4ccccc4)cc3c(=O)c2OC)cc1OC. The summed E-state index contributed by atoms with van der Waals surface area (Å²) in [7, 11) is 4.52. The van der Waals surface area contributed by atoms with E-state index < -0.39 is 0 Å². The largest absolute Gasteiger partial charge is 0.493 e. The van der Waals surface area contributed by atoms with Crippen molar-refractivity contribution in [2.45, 2.75) is 5.37 Å². The van der Waals surface area contributed by atoms with Crippen molar-refractivity contribution >= 4 is 34.3 Å². The lowest BCUT2D eigenvalue weighted by Gasteiger charge is -2.24. The lowest BCUT2D eigenvalue weighted by atomic mass is 10.1. The molecule has 1 amide bonds. The molecule has 178 valence electrons. The van der Waals surface area contributed by atoms with Crippen molar-refractivity contribution in [1.29, 1.82) is 0 Å². The van der Waals surface area contributed by atoms with Crippen LogP contribution in [0, 0.1) is 0 Å². The van der Waals surface area contributed by atoms with Gasteiger partial charge in [0, 0.05) is 11.3 Å². The summed E-state index contributed by atoms with van der Waals surface area (Å²) in [6, 6.07) is 20.3. The summed E-state index contributed by atoms with van der Waals surface area (Å²) >= 11 is 1.56. The van der Waals surface area contributed by atoms with Crippen LogP contribution in [0.1, 0.15) is 10.9 Å². The van der Waals surface area contributed by atoms with E-state index in [1.165, 1.54) is 14.2 Å². The Morgan fingerprint density at radius 1 is 0.886 bits per heavy atom. The molecule has 2 heterocycles. The highest BCUT2D eigenvalue weighted by atomic mass is 32.2. The number of amides is 1. The summed E-state index contributed by atoms with van der Waals surface area (Å²) in [5.41, 5.74) is 2.33. The van der Waals surface area contributed by atoms with Crippen molar-refractivity contribution in [2.24, 2.45) is 0 Å². The summed E-state index contributed by atoms with van der Waals surface area (Å²) in [4.78, 5) is 28.0. The van der Waals surface area contributed by atoms with Gasteiger partial charge in [0.25, 0.3) is 0 Å². The predicted octanol–water partition coefficient (Wildman–Crippen LogP) is 5.26. The molecular weight excluding hydrogens is 466 g/mol. The number of benzene rings is 3. The molecule has 4 aromatic rings. The van der Waals surface area contributed by atoms with Crippen molar-refractivity contribution in [3.05, 3.63) is 82.5 Å². The van der Waals surface area contributed by atoms with E-state index in [2.05, 4.69) is 0 Å². The topological polar surface area (TPSA) is 78.2 Å². The Kier molecular flexibility index (Phi) is 6.13. The molecule has 0 radical (unpaired) electrons. The fraction of sp³-hybridized carbons (Fsp3) is 0.185. The van der Waals surface area contributed by atoms with Gasteiger partial charge in [0.2, 0.25) is 17.1 Å². The number of rotatable bonds is 6. The quantitative estimate of drug-likeness (QED) is 0.365. The van der Waals surface area contributed by atoms with Gasteiger partial charge in [-0.25, -0.2) is 0 Å². The monoisotopic (exact) mass is 489 g/mol. The number of carbonyl (C=O) groups is 1. The highest BCUT2D eigenvalue weighted by molar-refractivity contribution is 8.00. The van der Waals surface area contributed by atoms with Gasteiger partial charge in [-0.1, -0.05) is 30.3 Å². The third-order valence-corrected chi connectivity index (χ3v) is 7.13. The van der Waals surface area contributed by atoms with Crippen LogP contribution in [0.25, 0.3) is 22.3 Å². The first-order valence-corrected chi connectivity index (χ1v) is 12.0. The first-order chi connectivity index (χ1) is 17.0. The van der Waals surface area contributed by atoms with Crippen molar-refractivity contribution in [3.63, 3.8) is 0 Å². The molecule has 8 heteroatoms. The van der Waals surface area contributed by atoms with E-state index in [9.17, 15) is 9.59 Å². The fourth-order valence-electron chi connectivity index (χ4n) is 4.24. The molecule has 1 saturated heterocycles. The molecular formula is C27H23NO6S. The summed E-state index contributed by atoms with van der Waals surface area (Å²) in [6.07, 6.45) is 0. The minimum Gasteiger partial charge on any atom is -0.493 e. The van der Waals surface area contributed by atoms with Gasteiger partial charge >= 0.3 is 0 Å². The van der Waals surface area contributed by atoms with Crippen LogP contribution < -0.4 is 24.5 Å². The van der Waals surface area contributed by atoms with Gasteiger partial charge in [-0.2, -0.15) is 0 Å². The Labute approximate surface area is 206 Å². The van der Waals surface area contributed by atoms with E-state index in [-0.39, 0.29) is 28.2 Å². The summed E-state index contributed by atoms with van der Waals surface area (Å²) in [6.45, 7) is 0. The summed E-state index contributed by atoms with van der Waals surface area (Å²) in [5.74, 6) is 1.78. The molecule has 1 atom stereocenters. The van der Waals surface area contributed by atoms with Crippen LogP contribution >= 0.6 is 11.8 Å². The van der Waals surface area contributed by atoms with Crippen LogP contribution in [-0.4, -0.2) is 33.0 Å². The van der Waals surface area contributed by atoms with Crippen LogP contribution in [0.15, 0.2) is 75.9 Å². The van der Waals surface area contributed by atoms with Crippen molar-refractivity contribution in [1.82, 2.24) is 0 Å². The number of carbonyl (C=O) groups excluding carboxylic acids is 1. The second-order valence-electron chi connectivity index (χ2n) is 7.88. The third kappa shape index (κ3) is 4.00. The van der Waals surface area contributed by atoms with Crippen LogP contribution in [-0.2, 0) is 4.79 Å². The molecule has 3 aromatic carbocycles. The molecule has 1 aromatic heterocycles. The van der Waals surface area contributed by atoms with E-state index in [1.807, 2.05) is 30.3 Å². The van der Waals surface area contributed by atoms with Gasteiger partial charge < -0.3 is 18.6 Å². The van der Waals surface area contributed by atoms with Gasteiger partial charge in [0.1, 0.15) is 11.0 Å². The Hall–Kier alpha value is -3.91. The average molecular weight is 490 g/mol. The number of anilines is 1. The second kappa shape index (κ2) is 9.38. The number of fused-ring (bicyclic) bond motifs is 1. The van der Waals surface area contributed by atoms with Crippen LogP contribution in [0.3, 0.4) is 0 Å². The molecule has 0 N–H and O–H groups in total. The molecule has 7 nitrogen and oxygen atoms in total. The standard InChI is InChI=1S/C27H23NO6S/c1-31-21-11-9-17(13-22(21)32-2)25-26(33-3)24(30)19-14-18(10-12-20(19)34-25)28-23(29)15-35-27(28)16-7-5-4-6-8-16/h4-14,27H,15H2,1-3H3. The van der Waals surface area contributed by atoms with Crippen LogP contribution in [0.5, 0.6) is 17.2 Å². The number of nitrogens with zero attached hydrogens (tertiary/aromatic N) is 1. The molecule has 0 bridgehead atoms. The zero-order valence-electron chi connectivity index (χ0n) is 19.4. The zero-order valence-corrected chi connectivity index (χ0v) is 20.3. The van der Waals surface area contributed by atoms with Crippen molar-refractivity contribution < 1.29 is 23.4 Å². The van der Waals surface area contributed by atoms with Gasteiger partial charge in [-0.15, -0.1) is 11.8 Å².